The molecule has 0 saturated heterocycles. The molecule has 0 aliphatic heterocycles. The van der Waals surface area contributed by atoms with Gasteiger partial charge in [-0.3, -0.25) is 4.79 Å². The maximum Gasteiger partial charge on any atom is 0.248 e. The fourth-order valence-electron chi connectivity index (χ4n) is 2.16. The molecule has 1 aliphatic rings. The zero-order valence-electron chi connectivity index (χ0n) is 10.2. The Hall–Kier alpha value is -1.04. The minimum Gasteiger partial charge on any atom is -0.359 e. The van der Waals surface area contributed by atoms with Crippen molar-refractivity contribution in [2.45, 2.75) is 43.9 Å². The Morgan fingerprint density at radius 1 is 1.56 bits per heavy atom. The van der Waals surface area contributed by atoms with E-state index >= 15 is 0 Å². The Balaban J connectivity index is 1.96. The molecule has 0 aromatic carbocycles. The molecule has 1 saturated carbocycles. The van der Waals surface area contributed by atoms with E-state index in [9.17, 15) is 13.6 Å². The van der Waals surface area contributed by atoms with E-state index in [1.54, 1.807) is 7.05 Å². The zero-order chi connectivity index (χ0) is 13.2. The lowest BCUT2D eigenvalue weighted by Crippen LogP contribution is -2.24. The summed E-state index contributed by atoms with van der Waals surface area (Å²) in [6, 6.07) is 0. The molecule has 0 unspecified atom stereocenters. The third kappa shape index (κ3) is 3.25. The van der Waals surface area contributed by atoms with Gasteiger partial charge in [-0.25, -0.2) is 13.8 Å². The lowest BCUT2D eigenvalue weighted by molar-refractivity contribution is -0.119. The van der Waals surface area contributed by atoms with Crippen molar-refractivity contribution >= 4 is 17.2 Å². The van der Waals surface area contributed by atoms with Crippen molar-refractivity contribution in [2.24, 2.45) is 0 Å². The van der Waals surface area contributed by atoms with Crippen molar-refractivity contribution in [2.75, 3.05) is 7.05 Å². The van der Waals surface area contributed by atoms with Gasteiger partial charge in [0.1, 0.15) is 5.01 Å². The summed E-state index contributed by atoms with van der Waals surface area (Å²) >= 11 is 1.43. The molecule has 100 valence electrons. The highest BCUT2D eigenvalue weighted by Crippen LogP contribution is 2.40. The molecule has 1 aliphatic carbocycles. The van der Waals surface area contributed by atoms with Crippen LogP contribution in [0.2, 0.25) is 0 Å². The van der Waals surface area contributed by atoms with Crippen molar-refractivity contribution in [3.63, 3.8) is 0 Å². The van der Waals surface area contributed by atoms with Gasteiger partial charge in [0.15, 0.2) is 0 Å². The van der Waals surface area contributed by atoms with E-state index < -0.39 is 5.92 Å². The number of nitrogens with one attached hydrogen (secondary N) is 1. The fraction of sp³-hybridized carbons (Fsp3) is 0.667. The Morgan fingerprint density at radius 3 is 2.83 bits per heavy atom. The lowest BCUT2D eigenvalue weighted by Gasteiger charge is -2.27. The molecule has 18 heavy (non-hydrogen) atoms. The molecular formula is C12H16F2N2OS. The number of thiazole rings is 1. The van der Waals surface area contributed by atoms with Gasteiger partial charge < -0.3 is 5.32 Å². The normalized spacial score (nSPS) is 19.7. The van der Waals surface area contributed by atoms with Crippen molar-refractivity contribution in [3.8, 4) is 0 Å². The number of aromatic nitrogens is 1. The number of halogens is 2. The van der Waals surface area contributed by atoms with Gasteiger partial charge in [-0.2, -0.15) is 0 Å². The summed E-state index contributed by atoms with van der Waals surface area (Å²) in [5.41, 5.74) is 0.870. The maximum absolute atomic E-state index is 13.0. The number of carbonyl (C=O) groups is 1. The summed E-state index contributed by atoms with van der Waals surface area (Å²) < 4.78 is 26.1. The molecule has 1 heterocycles. The molecule has 1 amide bonds. The molecular weight excluding hydrogens is 258 g/mol. The third-order valence-corrected chi connectivity index (χ3v) is 4.16. The van der Waals surface area contributed by atoms with Gasteiger partial charge in [0.05, 0.1) is 12.1 Å². The Bertz CT molecular complexity index is 423. The first kappa shape index (κ1) is 13.4. The van der Waals surface area contributed by atoms with E-state index in [1.165, 1.54) is 11.3 Å². The second-order valence-corrected chi connectivity index (χ2v) is 5.59. The molecule has 1 aromatic heterocycles. The summed E-state index contributed by atoms with van der Waals surface area (Å²) in [4.78, 5) is 15.6. The number of amides is 1. The quantitative estimate of drug-likeness (QED) is 0.921. The standard InChI is InChI=1S/C12H16F2N2OS/c1-15-10(17)6-11-16-9(7-18-11)8-2-4-12(13,14)5-3-8/h7-8H,2-6H2,1H3,(H,15,17). The molecule has 0 spiro atoms. The van der Waals surface area contributed by atoms with Crippen molar-refractivity contribution in [1.82, 2.24) is 10.3 Å². The van der Waals surface area contributed by atoms with Gasteiger partial charge in [0, 0.05) is 31.2 Å². The number of alkyl halides is 2. The molecule has 1 N–H and O–H groups in total. The fourth-order valence-corrected chi connectivity index (χ4v) is 3.03. The number of nitrogens with zero attached hydrogens (tertiary/aromatic N) is 1. The van der Waals surface area contributed by atoms with E-state index in [2.05, 4.69) is 10.3 Å². The van der Waals surface area contributed by atoms with Crippen LogP contribution in [0.4, 0.5) is 8.78 Å². The van der Waals surface area contributed by atoms with Crippen molar-refractivity contribution < 1.29 is 13.6 Å². The second-order valence-electron chi connectivity index (χ2n) is 4.65. The molecule has 2 rings (SSSR count). The first-order chi connectivity index (χ1) is 8.50. The number of hydrogen-bond acceptors (Lipinski definition) is 3. The Morgan fingerprint density at radius 2 is 2.22 bits per heavy atom. The van der Waals surface area contributed by atoms with Crippen LogP contribution in [-0.4, -0.2) is 23.9 Å². The van der Waals surface area contributed by atoms with Crippen LogP contribution >= 0.6 is 11.3 Å². The van der Waals surface area contributed by atoms with Crippen LogP contribution < -0.4 is 5.32 Å². The first-order valence-electron chi connectivity index (χ1n) is 6.03. The summed E-state index contributed by atoms with van der Waals surface area (Å²) in [6.45, 7) is 0. The number of hydrogen-bond donors (Lipinski definition) is 1. The van der Waals surface area contributed by atoms with E-state index in [1.807, 2.05) is 5.38 Å². The maximum atomic E-state index is 13.0. The molecule has 0 radical (unpaired) electrons. The zero-order valence-corrected chi connectivity index (χ0v) is 11.0. The average Bonchev–Trinajstić information content (AvgIpc) is 2.77. The summed E-state index contributed by atoms with van der Waals surface area (Å²) in [5, 5.41) is 5.19. The van der Waals surface area contributed by atoms with E-state index in [4.69, 9.17) is 0 Å². The van der Waals surface area contributed by atoms with Gasteiger partial charge in [0.2, 0.25) is 11.8 Å². The summed E-state index contributed by atoms with van der Waals surface area (Å²) in [5.74, 6) is -2.46. The summed E-state index contributed by atoms with van der Waals surface area (Å²) in [7, 11) is 1.58. The SMILES string of the molecule is CNC(=O)Cc1nc(C2CCC(F)(F)CC2)cs1. The molecule has 0 bridgehead atoms. The predicted octanol–water partition coefficient (Wildman–Crippen LogP) is 2.72. The molecule has 3 nitrogen and oxygen atoms in total. The van der Waals surface area contributed by atoms with Crippen LogP contribution in [0.25, 0.3) is 0 Å². The van der Waals surface area contributed by atoms with Crippen LogP contribution in [0.5, 0.6) is 0 Å². The smallest absolute Gasteiger partial charge is 0.248 e. The van der Waals surface area contributed by atoms with Gasteiger partial charge in [-0.05, 0) is 12.8 Å². The highest BCUT2D eigenvalue weighted by atomic mass is 32.1. The highest BCUT2D eigenvalue weighted by Gasteiger charge is 2.36. The van der Waals surface area contributed by atoms with E-state index in [0.717, 1.165) is 10.7 Å². The topological polar surface area (TPSA) is 42.0 Å². The third-order valence-electron chi connectivity index (χ3n) is 3.30. The first-order valence-corrected chi connectivity index (χ1v) is 6.91. The van der Waals surface area contributed by atoms with Crippen LogP contribution in [0.15, 0.2) is 5.38 Å². The van der Waals surface area contributed by atoms with Crippen molar-refractivity contribution in [1.29, 1.82) is 0 Å². The number of likely N-dealkylation sites (N-methyl/N-ethyl adjacent to an activating group) is 1. The largest absolute Gasteiger partial charge is 0.359 e. The van der Waals surface area contributed by atoms with Gasteiger partial charge in [-0.15, -0.1) is 11.3 Å². The predicted molar refractivity (Wildman–Crippen MR) is 66.0 cm³/mol. The van der Waals surface area contributed by atoms with Crippen LogP contribution in [0.3, 0.4) is 0 Å². The summed E-state index contributed by atoms with van der Waals surface area (Å²) in [6.07, 6.45) is 1.12. The minimum absolute atomic E-state index is 0.0556. The Kier molecular flexibility index (Phi) is 3.94. The van der Waals surface area contributed by atoms with E-state index in [0.29, 0.717) is 12.8 Å². The van der Waals surface area contributed by atoms with Crippen LogP contribution in [0, 0.1) is 0 Å². The molecule has 1 fully saturated rings. The molecule has 1 aromatic rings. The van der Waals surface area contributed by atoms with Crippen LogP contribution in [-0.2, 0) is 11.2 Å². The number of rotatable bonds is 3. The molecule has 6 heteroatoms. The highest BCUT2D eigenvalue weighted by molar-refractivity contribution is 7.09. The lowest BCUT2D eigenvalue weighted by atomic mass is 9.85. The van der Waals surface area contributed by atoms with Gasteiger partial charge in [-0.1, -0.05) is 0 Å². The minimum atomic E-state index is -2.50. The average molecular weight is 274 g/mol. The van der Waals surface area contributed by atoms with Crippen LogP contribution in [0.1, 0.15) is 42.3 Å². The number of carbonyl (C=O) groups excluding carboxylic acids is 1. The molecule has 0 atom stereocenters. The van der Waals surface area contributed by atoms with E-state index in [-0.39, 0.29) is 31.1 Å². The van der Waals surface area contributed by atoms with Crippen molar-refractivity contribution in [3.05, 3.63) is 16.1 Å². The monoisotopic (exact) mass is 274 g/mol. The Labute approximate surface area is 109 Å². The van der Waals surface area contributed by atoms with Gasteiger partial charge in [0.25, 0.3) is 0 Å². The van der Waals surface area contributed by atoms with Gasteiger partial charge >= 0.3 is 0 Å². The second kappa shape index (κ2) is 5.30.